The topological polar surface area (TPSA) is 86.7 Å². The maximum Gasteiger partial charge on any atom is 0.294 e. The molecule has 28 heavy (non-hydrogen) atoms. The Kier molecular flexibility index (Phi) is 5.98. The van der Waals surface area contributed by atoms with E-state index in [2.05, 4.69) is 5.32 Å². The fraction of sp³-hybridized carbons (Fsp3) is 0.105. The fourth-order valence-corrected chi connectivity index (χ4v) is 3.66. The average Bonchev–Trinajstić information content (AvgIpc) is 2.89. The summed E-state index contributed by atoms with van der Waals surface area (Å²) < 4.78 is 0. The number of rotatable bonds is 4. The second-order valence-corrected chi connectivity index (χ2v) is 7.82. The highest BCUT2D eigenvalue weighted by Crippen LogP contribution is 2.33. The zero-order valence-electron chi connectivity index (χ0n) is 14.5. The van der Waals surface area contributed by atoms with Gasteiger partial charge in [-0.2, -0.15) is 0 Å². The van der Waals surface area contributed by atoms with E-state index in [0.29, 0.717) is 16.3 Å². The molecule has 9 heteroatoms. The molecule has 1 fully saturated rings. The molecule has 144 valence electrons. The molecule has 0 aliphatic carbocycles. The summed E-state index contributed by atoms with van der Waals surface area (Å²) in [6.45, 7) is 1.39. The average molecular weight is 437 g/mol. The Morgan fingerprint density at radius 1 is 1.21 bits per heavy atom. The third kappa shape index (κ3) is 4.49. The number of thioether (sulfide) groups is 1. The summed E-state index contributed by atoms with van der Waals surface area (Å²) in [5, 5.41) is 12.2. The molecule has 0 bridgehead atoms. The minimum atomic E-state index is -0.572. The molecule has 2 aromatic carbocycles. The predicted molar refractivity (Wildman–Crippen MR) is 111 cm³/mol. The van der Waals surface area contributed by atoms with Crippen molar-refractivity contribution in [1.29, 1.82) is 0 Å². The lowest BCUT2D eigenvalue weighted by molar-refractivity contribution is -0.127. The molecule has 2 N–H and O–H groups in total. The zero-order valence-corrected chi connectivity index (χ0v) is 16.9. The van der Waals surface area contributed by atoms with Gasteiger partial charge in [-0.15, -0.1) is 0 Å². The van der Waals surface area contributed by atoms with Crippen molar-refractivity contribution < 1.29 is 19.5 Å². The lowest BCUT2D eigenvalue weighted by Crippen LogP contribution is -2.36. The molecule has 3 amide bonds. The molecular weight excluding hydrogens is 423 g/mol. The number of carbonyl (C=O) groups is 3. The number of anilines is 1. The van der Waals surface area contributed by atoms with Crippen LogP contribution in [0, 0.1) is 6.92 Å². The number of halogens is 2. The van der Waals surface area contributed by atoms with Gasteiger partial charge < -0.3 is 10.4 Å². The summed E-state index contributed by atoms with van der Waals surface area (Å²) >= 11 is 12.5. The number of aryl methyl sites for hydroxylation is 1. The smallest absolute Gasteiger partial charge is 0.294 e. The summed E-state index contributed by atoms with van der Waals surface area (Å²) in [4.78, 5) is 38.0. The van der Waals surface area contributed by atoms with Crippen LogP contribution in [-0.4, -0.2) is 33.6 Å². The molecule has 0 radical (unpaired) electrons. The van der Waals surface area contributed by atoms with Gasteiger partial charge in [-0.1, -0.05) is 35.3 Å². The Morgan fingerprint density at radius 3 is 2.68 bits per heavy atom. The first-order valence-corrected chi connectivity index (χ1v) is 9.62. The summed E-state index contributed by atoms with van der Waals surface area (Å²) in [7, 11) is 0. The SMILES string of the molecule is Cc1ccc(Cl)cc1NC(=O)CN1C(=O)S/C(=C/c2ccc(O)c(Cl)c2)C1=O. The molecule has 6 nitrogen and oxygen atoms in total. The van der Waals surface area contributed by atoms with Gasteiger partial charge in [0.15, 0.2) is 0 Å². The molecule has 1 aliphatic rings. The normalized spacial score (nSPS) is 15.4. The van der Waals surface area contributed by atoms with Crippen molar-refractivity contribution in [3.05, 3.63) is 62.5 Å². The standard InChI is InChI=1S/C19H14Cl2N2O4S/c1-10-2-4-12(20)8-14(10)22-17(25)9-23-18(26)16(28-19(23)27)7-11-3-5-15(24)13(21)6-11/h2-8,24H,9H2,1H3,(H,22,25)/b16-7+. The van der Waals surface area contributed by atoms with Crippen molar-refractivity contribution in [3.63, 3.8) is 0 Å². The molecule has 3 rings (SSSR count). The van der Waals surface area contributed by atoms with Crippen molar-refractivity contribution in [3.8, 4) is 5.75 Å². The molecule has 1 heterocycles. The highest BCUT2D eigenvalue weighted by atomic mass is 35.5. The summed E-state index contributed by atoms with van der Waals surface area (Å²) in [5.74, 6) is -1.17. The first-order chi connectivity index (χ1) is 13.2. The Morgan fingerprint density at radius 2 is 1.96 bits per heavy atom. The van der Waals surface area contributed by atoms with E-state index in [0.717, 1.165) is 22.2 Å². The van der Waals surface area contributed by atoms with Crippen LogP contribution < -0.4 is 5.32 Å². The Hall–Kier alpha value is -2.48. The van der Waals surface area contributed by atoms with E-state index in [4.69, 9.17) is 23.2 Å². The van der Waals surface area contributed by atoms with Gasteiger partial charge in [0.2, 0.25) is 5.91 Å². The predicted octanol–water partition coefficient (Wildman–Crippen LogP) is 4.68. The molecule has 1 aliphatic heterocycles. The number of nitrogens with zero attached hydrogens (tertiary/aromatic N) is 1. The number of hydrogen-bond donors (Lipinski definition) is 2. The minimum absolute atomic E-state index is 0.0834. The number of amides is 3. The number of hydrogen-bond acceptors (Lipinski definition) is 5. The van der Waals surface area contributed by atoms with E-state index in [1.54, 1.807) is 31.2 Å². The Balaban J connectivity index is 1.72. The Bertz CT molecular complexity index is 1020. The third-order valence-electron chi connectivity index (χ3n) is 3.92. The lowest BCUT2D eigenvalue weighted by atomic mass is 10.2. The zero-order chi connectivity index (χ0) is 20.4. The van der Waals surface area contributed by atoms with Crippen LogP contribution in [0.2, 0.25) is 10.0 Å². The van der Waals surface area contributed by atoms with Crippen LogP contribution in [0.25, 0.3) is 6.08 Å². The number of carbonyl (C=O) groups excluding carboxylic acids is 3. The second kappa shape index (κ2) is 8.26. The quantitative estimate of drug-likeness (QED) is 0.679. The van der Waals surface area contributed by atoms with Crippen molar-refractivity contribution in [2.45, 2.75) is 6.92 Å². The first kappa shape index (κ1) is 20.3. The van der Waals surface area contributed by atoms with Crippen LogP contribution in [0.1, 0.15) is 11.1 Å². The van der Waals surface area contributed by atoms with Gasteiger partial charge in [-0.25, -0.2) is 0 Å². The van der Waals surface area contributed by atoms with Crippen molar-refractivity contribution in [2.24, 2.45) is 0 Å². The number of phenolic OH excluding ortho intramolecular Hbond substituents is 1. The van der Waals surface area contributed by atoms with E-state index in [1.807, 2.05) is 0 Å². The highest BCUT2D eigenvalue weighted by molar-refractivity contribution is 8.18. The van der Waals surface area contributed by atoms with Crippen molar-refractivity contribution >= 4 is 63.8 Å². The molecule has 2 aromatic rings. The summed E-state index contributed by atoms with van der Waals surface area (Å²) in [6.07, 6.45) is 1.48. The maximum atomic E-state index is 12.5. The van der Waals surface area contributed by atoms with Crippen LogP contribution >= 0.6 is 35.0 Å². The number of nitrogens with one attached hydrogen (secondary N) is 1. The van der Waals surface area contributed by atoms with E-state index in [-0.39, 0.29) is 15.7 Å². The molecular formula is C19H14Cl2N2O4S. The number of aromatic hydroxyl groups is 1. The largest absolute Gasteiger partial charge is 0.506 e. The van der Waals surface area contributed by atoms with Crippen LogP contribution in [0.5, 0.6) is 5.75 Å². The van der Waals surface area contributed by atoms with Gasteiger partial charge in [-0.05, 0) is 60.2 Å². The second-order valence-electron chi connectivity index (χ2n) is 5.99. The van der Waals surface area contributed by atoms with E-state index in [9.17, 15) is 19.5 Å². The molecule has 0 spiro atoms. The lowest BCUT2D eigenvalue weighted by Gasteiger charge is -2.13. The van der Waals surface area contributed by atoms with Gasteiger partial charge in [0.05, 0.1) is 9.93 Å². The Labute approximate surface area is 175 Å². The van der Waals surface area contributed by atoms with Crippen LogP contribution in [0.4, 0.5) is 10.5 Å². The van der Waals surface area contributed by atoms with Crippen LogP contribution in [0.3, 0.4) is 0 Å². The number of phenols is 1. The highest BCUT2D eigenvalue weighted by Gasteiger charge is 2.36. The fourth-order valence-electron chi connectivity index (χ4n) is 2.46. The van der Waals surface area contributed by atoms with E-state index in [1.165, 1.54) is 18.2 Å². The van der Waals surface area contributed by atoms with Crippen LogP contribution in [-0.2, 0) is 9.59 Å². The number of benzene rings is 2. The van der Waals surface area contributed by atoms with Gasteiger partial charge in [-0.3, -0.25) is 19.3 Å². The van der Waals surface area contributed by atoms with Gasteiger partial charge in [0.25, 0.3) is 11.1 Å². The minimum Gasteiger partial charge on any atom is -0.506 e. The van der Waals surface area contributed by atoms with Gasteiger partial charge in [0, 0.05) is 10.7 Å². The van der Waals surface area contributed by atoms with Crippen molar-refractivity contribution in [1.82, 2.24) is 4.90 Å². The summed E-state index contributed by atoms with van der Waals surface area (Å²) in [5.41, 5.74) is 1.86. The molecule has 0 saturated carbocycles. The maximum absolute atomic E-state index is 12.5. The molecule has 1 saturated heterocycles. The van der Waals surface area contributed by atoms with Gasteiger partial charge in [0.1, 0.15) is 12.3 Å². The third-order valence-corrected chi connectivity index (χ3v) is 5.36. The molecule has 0 unspecified atom stereocenters. The first-order valence-electron chi connectivity index (χ1n) is 8.04. The summed E-state index contributed by atoms with van der Waals surface area (Å²) in [6, 6.07) is 9.46. The van der Waals surface area contributed by atoms with Crippen molar-refractivity contribution in [2.75, 3.05) is 11.9 Å². The van der Waals surface area contributed by atoms with Gasteiger partial charge >= 0.3 is 0 Å². The molecule has 0 atom stereocenters. The van der Waals surface area contributed by atoms with Crippen LogP contribution in [0.15, 0.2) is 41.3 Å². The van der Waals surface area contributed by atoms with E-state index >= 15 is 0 Å². The molecule has 0 aromatic heterocycles. The van der Waals surface area contributed by atoms with E-state index < -0.39 is 23.6 Å². The number of imide groups is 1. The monoisotopic (exact) mass is 436 g/mol.